The van der Waals surface area contributed by atoms with Gasteiger partial charge in [0.2, 0.25) is 0 Å². The van der Waals surface area contributed by atoms with E-state index >= 15 is 0 Å². The first-order valence-electron chi connectivity index (χ1n) is 7.06. The van der Waals surface area contributed by atoms with Crippen LogP contribution in [-0.2, 0) is 14.4 Å². The molecule has 0 unspecified atom stereocenters. The summed E-state index contributed by atoms with van der Waals surface area (Å²) in [6.45, 7) is 1.99. The number of hydrogen-bond donors (Lipinski definition) is 1. The van der Waals surface area contributed by atoms with Gasteiger partial charge in [0.15, 0.2) is 11.4 Å². The van der Waals surface area contributed by atoms with E-state index in [1.807, 2.05) is 31.2 Å². The van der Waals surface area contributed by atoms with Crippen LogP contribution in [-0.4, -0.2) is 18.6 Å². The van der Waals surface area contributed by atoms with Crippen LogP contribution < -0.4 is 5.48 Å². The predicted molar refractivity (Wildman–Crippen MR) is 75.5 cm³/mol. The molecule has 4 heteroatoms. The largest absolute Gasteiger partial charge is 0.447 e. The smallest absolute Gasteiger partial charge is 0.343 e. The van der Waals surface area contributed by atoms with Crippen molar-refractivity contribution < 1.29 is 14.4 Å². The molecule has 3 rings (SSSR count). The summed E-state index contributed by atoms with van der Waals surface area (Å²) < 4.78 is 5.72. The highest BCUT2D eigenvalue weighted by atomic mass is 16.7. The summed E-state index contributed by atoms with van der Waals surface area (Å²) in [5.74, 6) is 0.378. The van der Waals surface area contributed by atoms with E-state index in [-0.39, 0.29) is 5.97 Å². The number of aryl methyl sites for hydroxylation is 1. The van der Waals surface area contributed by atoms with Gasteiger partial charge in [-0.05, 0) is 43.7 Å². The van der Waals surface area contributed by atoms with Gasteiger partial charge in [-0.15, -0.1) is 0 Å². The number of ether oxygens (including phenoxy) is 1. The third-order valence-corrected chi connectivity index (χ3v) is 4.16. The molecular formula is C16H19NO3. The predicted octanol–water partition coefficient (Wildman–Crippen LogP) is 2.73. The highest BCUT2D eigenvalue weighted by Crippen LogP contribution is 2.48. The molecule has 1 N–H and O–H groups in total. The van der Waals surface area contributed by atoms with Crippen molar-refractivity contribution in [2.45, 2.75) is 38.2 Å². The molecule has 106 valence electrons. The zero-order valence-electron chi connectivity index (χ0n) is 11.9. The molecule has 0 radical (unpaired) electrons. The molecule has 0 bridgehead atoms. The molecule has 1 aliphatic carbocycles. The lowest BCUT2D eigenvalue weighted by atomic mass is 9.93. The van der Waals surface area contributed by atoms with Crippen LogP contribution in [0.3, 0.4) is 0 Å². The second-order valence-corrected chi connectivity index (χ2v) is 5.42. The number of hydroxylamine groups is 1. The molecule has 1 aliphatic heterocycles. The van der Waals surface area contributed by atoms with Crippen molar-refractivity contribution in [3.63, 3.8) is 0 Å². The molecule has 1 heterocycles. The quantitative estimate of drug-likeness (QED) is 0.679. The van der Waals surface area contributed by atoms with Gasteiger partial charge in [-0.3, -0.25) is 0 Å². The van der Waals surface area contributed by atoms with E-state index in [1.165, 1.54) is 0 Å². The topological polar surface area (TPSA) is 47.6 Å². The Bertz CT molecular complexity index is 571. The SMILES string of the molecule is CNOC1=C(c2ccccc2C)C(=O)OC12CCCC2. The fraction of sp³-hybridized carbons (Fsp3) is 0.438. The number of rotatable bonds is 3. The molecule has 0 saturated heterocycles. The third kappa shape index (κ3) is 1.91. The Hall–Kier alpha value is -1.81. The summed E-state index contributed by atoms with van der Waals surface area (Å²) in [6, 6.07) is 7.83. The number of benzene rings is 1. The molecule has 20 heavy (non-hydrogen) atoms. The van der Waals surface area contributed by atoms with Crippen LogP contribution in [0.1, 0.15) is 36.8 Å². The average molecular weight is 273 g/mol. The minimum absolute atomic E-state index is 0.272. The standard InChI is InChI=1S/C16H19NO3/c1-11-7-3-4-8-12(11)13-14(20-17-2)16(19-15(13)18)9-5-6-10-16/h3-4,7-8,17H,5-6,9-10H2,1-2H3. The van der Waals surface area contributed by atoms with Crippen molar-refractivity contribution in [1.82, 2.24) is 5.48 Å². The van der Waals surface area contributed by atoms with Crippen LogP contribution in [0, 0.1) is 6.92 Å². The van der Waals surface area contributed by atoms with E-state index in [0.29, 0.717) is 11.3 Å². The van der Waals surface area contributed by atoms with E-state index in [4.69, 9.17) is 9.57 Å². The van der Waals surface area contributed by atoms with Gasteiger partial charge >= 0.3 is 5.97 Å². The van der Waals surface area contributed by atoms with Gasteiger partial charge in [-0.25, -0.2) is 4.79 Å². The van der Waals surface area contributed by atoms with Crippen LogP contribution in [0.15, 0.2) is 30.0 Å². The first-order valence-corrected chi connectivity index (χ1v) is 7.06. The number of carbonyl (C=O) groups is 1. The summed E-state index contributed by atoms with van der Waals surface area (Å²) >= 11 is 0. The average Bonchev–Trinajstić information content (AvgIpc) is 2.99. The van der Waals surface area contributed by atoms with Gasteiger partial charge in [-0.1, -0.05) is 24.3 Å². The van der Waals surface area contributed by atoms with Crippen molar-refractivity contribution in [2.75, 3.05) is 7.05 Å². The van der Waals surface area contributed by atoms with Gasteiger partial charge in [0.25, 0.3) is 0 Å². The minimum Gasteiger partial charge on any atom is -0.447 e. The summed E-state index contributed by atoms with van der Waals surface area (Å²) in [7, 11) is 1.70. The number of carbonyl (C=O) groups excluding carboxylic acids is 1. The molecule has 1 fully saturated rings. The van der Waals surface area contributed by atoms with Crippen molar-refractivity contribution in [1.29, 1.82) is 0 Å². The molecule has 1 spiro atoms. The molecule has 0 amide bonds. The Morgan fingerprint density at radius 3 is 2.60 bits per heavy atom. The first kappa shape index (κ1) is 13.2. The summed E-state index contributed by atoms with van der Waals surface area (Å²) in [5.41, 5.74) is 4.66. The van der Waals surface area contributed by atoms with E-state index in [0.717, 1.165) is 36.8 Å². The van der Waals surface area contributed by atoms with E-state index in [2.05, 4.69) is 5.48 Å². The fourth-order valence-corrected chi connectivity index (χ4v) is 3.20. The van der Waals surface area contributed by atoms with Gasteiger partial charge in [0, 0.05) is 7.05 Å². The fourth-order valence-electron chi connectivity index (χ4n) is 3.20. The lowest BCUT2D eigenvalue weighted by molar-refractivity contribution is -0.147. The zero-order valence-corrected chi connectivity index (χ0v) is 11.9. The Labute approximate surface area is 118 Å². The monoisotopic (exact) mass is 273 g/mol. The number of hydrogen-bond acceptors (Lipinski definition) is 4. The van der Waals surface area contributed by atoms with Crippen molar-refractivity contribution >= 4 is 11.5 Å². The number of esters is 1. The molecule has 1 saturated carbocycles. The lowest BCUT2D eigenvalue weighted by Crippen LogP contribution is -2.31. The normalized spacial score (nSPS) is 20.6. The van der Waals surface area contributed by atoms with Crippen LogP contribution in [0.25, 0.3) is 5.57 Å². The van der Waals surface area contributed by atoms with E-state index < -0.39 is 5.60 Å². The number of nitrogens with one attached hydrogen (secondary N) is 1. The highest BCUT2D eigenvalue weighted by molar-refractivity contribution is 6.20. The van der Waals surface area contributed by atoms with E-state index in [1.54, 1.807) is 7.05 Å². The first-order chi connectivity index (χ1) is 9.68. The molecule has 1 aromatic carbocycles. The minimum atomic E-state index is -0.558. The zero-order chi connectivity index (χ0) is 14.2. The highest BCUT2D eigenvalue weighted by Gasteiger charge is 2.52. The van der Waals surface area contributed by atoms with Crippen LogP contribution in [0.2, 0.25) is 0 Å². The van der Waals surface area contributed by atoms with Gasteiger partial charge < -0.3 is 9.57 Å². The summed E-state index contributed by atoms with van der Waals surface area (Å²) in [6.07, 6.45) is 3.80. The Balaban J connectivity index is 2.15. The van der Waals surface area contributed by atoms with Crippen LogP contribution in [0.4, 0.5) is 0 Å². The third-order valence-electron chi connectivity index (χ3n) is 4.16. The Kier molecular flexibility index (Phi) is 3.26. The van der Waals surface area contributed by atoms with E-state index in [9.17, 15) is 4.79 Å². The second-order valence-electron chi connectivity index (χ2n) is 5.42. The molecule has 0 atom stereocenters. The van der Waals surface area contributed by atoms with Gasteiger partial charge in [0.05, 0.1) is 0 Å². The Morgan fingerprint density at radius 2 is 1.95 bits per heavy atom. The van der Waals surface area contributed by atoms with Crippen molar-refractivity contribution in [2.24, 2.45) is 0 Å². The second kappa shape index (κ2) is 4.94. The Morgan fingerprint density at radius 1 is 1.25 bits per heavy atom. The lowest BCUT2D eigenvalue weighted by Gasteiger charge is -2.24. The maximum Gasteiger partial charge on any atom is 0.343 e. The maximum absolute atomic E-state index is 12.4. The molecular weight excluding hydrogens is 254 g/mol. The van der Waals surface area contributed by atoms with Crippen LogP contribution >= 0.6 is 0 Å². The van der Waals surface area contributed by atoms with Crippen molar-refractivity contribution in [3.05, 3.63) is 41.2 Å². The summed E-state index contributed by atoms with van der Waals surface area (Å²) in [4.78, 5) is 18.0. The molecule has 1 aromatic rings. The van der Waals surface area contributed by atoms with Crippen molar-refractivity contribution in [3.8, 4) is 0 Å². The molecule has 2 aliphatic rings. The maximum atomic E-state index is 12.4. The van der Waals surface area contributed by atoms with Crippen LogP contribution in [0.5, 0.6) is 0 Å². The molecule has 0 aromatic heterocycles. The molecule has 4 nitrogen and oxygen atoms in total. The van der Waals surface area contributed by atoms with Gasteiger partial charge in [-0.2, -0.15) is 5.48 Å². The summed E-state index contributed by atoms with van der Waals surface area (Å²) in [5, 5.41) is 0. The van der Waals surface area contributed by atoms with Gasteiger partial charge in [0.1, 0.15) is 5.57 Å².